The van der Waals surface area contributed by atoms with Gasteiger partial charge in [0.25, 0.3) is 0 Å². The molecule has 0 aliphatic carbocycles. The van der Waals surface area contributed by atoms with Crippen LogP contribution in [0.4, 0.5) is 0 Å². The molecule has 3 heterocycles. The molecule has 0 spiro atoms. The maximum absolute atomic E-state index is 5.68. The van der Waals surface area contributed by atoms with E-state index in [0.29, 0.717) is 24.9 Å². The van der Waals surface area contributed by atoms with Gasteiger partial charge in [0, 0.05) is 32.7 Å². The molecule has 1 atom stereocenters. The number of aryl methyl sites for hydroxylation is 1. The van der Waals surface area contributed by atoms with Gasteiger partial charge >= 0.3 is 0 Å². The van der Waals surface area contributed by atoms with Gasteiger partial charge in [-0.25, -0.2) is 0 Å². The third-order valence-corrected chi connectivity index (χ3v) is 4.87. The average molecular weight is 344 g/mol. The van der Waals surface area contributed by atoms with E-state index in [0.717, 1.165) is 44.2 Å². The van der Waals surface area contributed by atoms with Crippen LogP contribution in [0, 0.1) is 6.92 Å². The second-order valence-corrected chi connectivity index (χ2v) is 6.65. The molecule has 0 N–H and O–H groups in total. The molecule has 4 rings (SSSR count). The van der Waals surface area contributed by atoms with Crippen molar-refractivity contribution in [2.75, 3.05) is 39.4 Å². The van der Waals surface area contributed by atoms with Crippen LogP contribution in [-0.4, -0.2) is 59.3 Å². The molecule has 134 valence electrons. The van der Waals surface area contributed by atoms with Gasteiger partial charge in [0.2, 0.25) is 5.89 Å². The second-order valence-electron chi connectivity index (χ2n) is 6.65. The van der Waals surface area contributed by atoms with E-state index in [1.165, 1.54) is 5.56 Å². The Morgan fingerprint density at radius 2 is 1.84 bits per heavy atom. The van der Waals surface area contributed by atoms with E-state index < -0.39 is 0 Å². The molecule has 2 aliphatic rings. The van der Waals surface area contributed by atoms with Gasteiger partial charge in [-0.3, -0.25) is 9.80 Å². The summed E-state index contributed by atoms with van der Waals surface area (Å²) in [6.07, 6.45) is 0. The first-order chi connectivity index (χ1) is 12.2. The molecule has 1 saturated heterocycles. The Morgan fingerprint density at radius 3 is 2.56 bits per heavy atom. The van der Waals surface area contributed by atoms with Crippen LogP contribution in [0.15, 0.2) is 22.7 Å². The van der Waals surface area contributed by atoms with E-state index in [4.69, 9.17) is 14.0 Å². The number of nitrogens with zero attached hydrogens (tertiary/aromatic N) is 4. The van der Waals surface area contributed by atoms with Crippen molar-refractivity contribution in [2.24, 2.45) is 0 Å². The van der Waals surface area contributed by atoms with Crippen molar-refractivity contribution in [1.82, 2.24) is 19.9 Å². The number of fused-ring (bicyclic) bond motifs is 1. The molecule has 1 fully saturated rings. The Kier molecular flexibility index (Phi) is 4.59. The molecular weight excluding hydrogens is 320 g/mol. The first kappa shape index (κ1) is 16.4. The van der Waals surface area contributed by atoms with Crippen molar-refractivity contribution < 1.29 is 14.0 Å². The zero-order chi connectivity index (χ0) is 17.2. The van der Waals surface area contributed by atoms with E-state index in [1.54, 1.807) is 0 Å². The molecule has 0 amide bonds. The quantitative estimate of drug-likeness (QED) is 0.841. The van der Waals surface area contributed by atoms with Gasteiger partial charge in [-0.2, -0.15) is 4.98 Å². The Bertz CT molecular complexity index is 725. The highest BCUT2D eigenvalue weighted by Gasteiger charge is 2.25. The molecule has 0 saturated carbocycles. The zero-order valence-electron chi connectivity index (χ0n) is 14.8. The summed E-state index contributed by atoms with van der Waals surface area (Å²) in [5.41, 5.74) is 1.26. The van der Waals surface area contributed by atoms with E-state index in [9.17, 15) is 0 Å². The number of hydrogen-bond donors (Lipinski definition) is 0. The third-order valence-electron chi connectivity index (χ3n) is 4.87. The van der Waals surface area contributed by atoms with Gasteiger partial charge in [-0.15, -0.1) is 0 Å². The van der Waals surface area contributed by atoms with E-state index in [-0.39, 0.29) is 6.04 Å². The standard InChI is InChI=1S/C18H24N4O3/c1-13(18-19-14(2)20-25-18)22-7-5-21(6-8-22)12-15-3-4-16-17(11-15)24-10-9-23-16/h3-4,11,13H,5-10,12H2,1-2H3/t13-/m0/s1. The summed E-state index contributed by atoms with van der Waals surface area (Å²) in [5.74, 6) is 3.11. The number of hydrogen-bond acceptors (Lipinski definition) is 7. The summed E-state index contributed by atoms with van der Waals surface area (Å²) in [5, 5.41) is 3.89. The van der Waals surface area contributed by atoms with E-state index in [2.05, 4.69) is 39.0 Å². The lowest BCUT2D eigenvalue weighted by Crippen LogP contribution is -2.46. The van der Waals surface area contributed by atoms with Crippen LogP contribution in [0.5, 0.6) is 11.5 Å². The molecular formula is C18H24N4O3. The third kappa shape index (κ3) is 3.62. The fourth-order valence-electron chi connectivity index (χ4n) is 3.39. The Labute approximate surface area is 147 Å². The number of ether oxygens (including phenoxy) is 2. The zero-order valence-corrected chi connectivity index (χ0v) is 14.8. The Morgan fingerprint density at radius 1 is 1.08 bits per heavy atom. The maximum atomic E-state index is 5.68. The minimum absolute atomic E-state index is 0.164. The molecule has 2 aromatic rings. The Hall–Kier alpha value is -2.12. The van der Waals surface area contributed by atoms with Crippen molar-refractivity contribution in [3.05, 3.63) is 35.5 Å². The lowest BCUT2D eigenvalue weighted by molar-refractivity contribution is 0.0844. The van der Waals surface area contributed by atoms with Gasteiger partial charge in [-0.05, 0) is 31.5 Å². The van der Waals surface area contributed by atoms with Crippen molar-refractivity contribution >= 4 is 0 Å². The fraction of sp³-hybridized carbons (Fsp3) is 0.556. The van der Waals surface area contributed by atoms with Crippen molar-refractivity contribution in [1.29, 1.82) is 0 Å². The first-order valence-electron chi connectivity index (χ1n) is 8.84. The number of aromatic nitrogens is 2. The highest BCUT2D eigenvalue weighted by molar-refractivity contribution is 5.43. The van der Waals surface area contributed by atoms with Crippen LogP contribution in [0.25, 0.3) is 0 Å². The van der Waals surface area contributed by atoms with E-state index >= 15 is 0 Å². The Balaban J connectivity index is 1.33. The lowest BCUT2D eigenvalue weighted by atomic mass is 10.1. The topological polar surface area (TPSA) is 63.9 Å². The van der Waals surface area contributed by atoms with Gasteiger partial charge in [-0.1, -0.05) is 11.2 Å². The van der Waals surface area contributed by atoms with Crippen molar-refractivity contribution in [2.45, 2.75) is 26.4 Å². The molecule has 0 radical (unpaired) electrons. The van der Waals surface area contributed by atoms with Gasteiger partial charge in [0.05, 0.1) is 6.04 Å². The monoisotopic (exact) mass is 344 g/mol. The van der Waals surface area contributed by atoms with Crippen LogP contribution in [0.3, 0.4) is 0 Å². The van der Waals surface area contributed by atoms with Crippen molar-refractivity contribution in [3.63, 3.8) is 0 Å². The summed E-state index contributed by atoms with van der Waals surface area (Å²) in [4.78, 5) is 9.22. The average Bonchev–Trinajstić information content (AvgIpc) is 3.08. The summed E-state index contributed by atoms with van der Waals surface area (Å²) >= 11 is 0. The van der Waals surface area contributed by atoms with Gasteiger partial charge < -0.3 is 14.0 Å². The molecule has 0 unspecified atom stereocenters. The molecule has 25 heavy (non-hydrogen) atoms. The highest BCUT2D eigenvalue weighted by Crippen LogP contribution is 2.31. The van der Waals surface area contributed by atoms with Crippen LogP contribution >= 0.6 is 0 Å². The maximum Gasteiger partial charge on any atom is 0.243 e. The minimum Gasteiger partial charge on any atom is -0.486 e. The predicted molar refractivity (Wildman–Crippen MR) is 91.7 cm³/mol. The van der Waals surface area contributed by atoms with Crippen LogP contribution in [0.1, 0.15) is 30.2 Å². The van der Waals surface area contributed by atoms with Crippen LogP contribution in [-0.2, 0) is 6.54 Å². The molecule has 1 aromatic carbocycles. The van der Waals surface area contributed by atoms with Crippen LogP contribution < -0.4 is 9.47 Å². The normalized spacial score (nSPS) is 19.8. The number of piperazine rings is 1. The predicted octanol–water partition coefficient (Wildman–Crippen LogP) is 2.03. The van der Waals surface area contributed by atoms with Gasteiger partial charge in [0.1, 0.15) is 13.2 Å². The smallest absolute Gasteiger partial charge is 0.243 e. The minimum atomic E-state index is 0.164. The SMILES string of the molecule is Cc1noc([C@H](C)N2CCN(Cc3ccc4c(c3)OCCO4)CC2)n1. The number of benzene rings is 1. The molecule has 1 aromatic heterocycles. The van der Waals surface area contributed by atoms with Gasteiger partial charge in [0.15, 0.2) is 17.3 Å². The molecule has 0 bridgehead atoms. The summed E-state index contributed by atoms with van der Waals surface area (Å²) in [7, 11) is 0. The van der Waals surface area contributed by atoms with E-state index in [1.807, 2.05) is 13.0 Å². The van der Waals surface area contributed by atoms with Crippen LogP contribution in [0.2, 0.25) is 0 Å². The first-order valence-corrected chi connectivity index (χ1v) is 8.84. The van der Waals surface area contributed by atoms with Crippen molar-refractivity contribution in [3.8, 4) is 11.5 Å². The highest BCUT2D eigenvalue weighted by atomic mass is 16.6. The molecule has 2 aliphatic heterocycles. The summed E-state index contributed by atoms with van der Waals surface area (Å²) < 4.78 is 16.6. The summed E-state index contributed by atoms with van der Waals surface area (Å²) in [6.45, 7) is 10.2. The molecule has 7 nitrogen and oxygen atoms in total. The lowest BCUT2D eigenvalue weighted by Gasteiger charge is -2.36. The summed E-state index contributed by atoms with van der Waals surface area (Å²) in [6, 6.07) is 6.41. The number of rotatable bonds is 4. The second kappa shape index (κ2) is 7.01. The molecule has 7 heteroatoms. The fourth-order valence-corrected chi connectivity index (χ4v) is 3.39. The largest absolute Gasteiger partial charge is 0.486 e.